The predicted octanol–water partition coefficient (Wildman–Crippen LogP) is 3.09. The van der Waals surface area contributed by atoms with Crippen molar-refractivity contribution < 1.29 is 28.6 Å². The largest absolute Gasteiger partial charge is 0.381 e. The lowest BCUT2D eigenvalue weighted by atomic mass is 9.89. The molecule has 5 rings (SSSR count). The van der Waals surface area contributed by atoms with Gasteiger partial charge in [-0.3, -0.25) is 19.3 Å². The fourth-order valence-electron chi connectivity index (χ4n) is 5.47. The van der Waals surface area contributed by atoms with Crippen LogP contribution in [-0.4, -0.2) is 63.3 Å². The lowest BCUT2D eigenvalue weighted by molar-refractivity contribution is -0.202. The minimum atomic E-state index is -1.68. The van der Waals surface area contributed by atoms with E-state index in [1.54, 1.807) is 11.8 Å². The highest BCUT2D eigenvalue weighted by Gasteiger charge is 2.66. The summed E-state index contributed by atoms with van der Waals surface area (Å²) in [4.78, 5) is 42.9. The number of β-lactam (4-membered cyclic amide) rings is 1. The van der Waals surface area contributed by atoms with Crippen molar-refractivity contribution in [2.45, 2.75) is 57.6 Å². The Kier molecular flexibility index (Phi) is 7.44. The fraction of sp³-hybridized carbons (Fsp3) is 0.323. The highest BCUT2D eigenvalue weighted by molar-refractivity contribution is 5.98. The van der Waals surface area contributed by atoms with Gasteiger partial charge < -0.3 is 20.1 Å². The van der Waals surface area contributed by atoms with Gasteiger partial charge in [0, 0.05) is 12.1 Å². The minimum absolute atomic E-state index is 0.107. The van der Waals surface area contributed by atoms with Crippen molar-refractivity contribution in [3.63, 3.8) is 0 Å². The average Bonchev–Trinajstić information content (AvgIpc) is 3.26. The fourth-order valence-corrected chi connectivity index (χ4v) is 5.47. The molecule has 3 aromatic carbocycles. The molecule has 0 radical (unpaired) electrons. The monoisotopic (exact) mass is 545 g/mol. The molecule has 2 unspecified atom stereocenters. The molecule has 0 aromatic heterocycles. The summed E-state index contributed by atoms with van der Waals surface area (Å²) in [6, 6.07) is 19.1. The molecule has 2 N–H and O–H groups in total. The Balaban J connectivity index is 1.35. The van der Waals surface area contributed by atoms with Gasteiger partial charge in [0.15, 0.2) is 17.9 Å². The van der Waals surface area contributed by atoms with Gasteiger partial charge >= 0.3 is 0 Å². The number of benzene rings is 3. The predicted molar refractivity (Wildman–Crippen MR) is 145 cm³/mol. The Bertz CT molecular complexity index is 1450. The Morgan fingerprint density at radius 3 is 2.50 bits per heavy atom. The maximum atomic E-state index is 14.1. The molecule has 2 heterocycles. The number of ether oxygens (including phenoxy) is 1. The van der Waals surface area contributed by atoms with Gasteiger partial charge in [0.1, 0.15) is 12.5 Å². The number of hydrogen-bond donors (Lipinski definition) is 2. The van der Waals surface area contributed by atoms with Crippen LogP contribution in [0.4, 0.5) is 4.39 Å². The molecule has 8 nitrogen and oxygen atoms in total. The maximum Gasteiger partial charge on any atom is 0.256 e. The third kappa shape index (κ3) is 4.87. The number of nitrogens with one attached hydrogen (secondary N) is 1. The van der Waals surface area contributed by atoms with E-state index in [-0.39, 0.29) is 30.2 Å². The zero-order valence-electron chi connectivity index (χ0n) is 22.6. The van der Waals surface area contributed by atoms with Crippen molar-refractivity contribution in [3.05, 3.63) is 106 Å². The normalized spacial score (nSPS) is 21.4. The van der Waals surface area contributed by atoms with Gasteiger partial charge in [-0.15, -0.1) is 0 Å². The highest BCUT2D eigenvalue weighted by Crippen LogP contribution is 2.43. The van der Waals surface area contributed by atoms with Gasteiger partial charge in [-0.05, 0) is 61.6 Å². The van der Waals surface area contributed by atoms with Crippen LogP contribution in [0.5, 0.6) is 0 Å². The number of aliphatic hydroxyl groups is 1. The average molecular weight is 546 g/mol. The summed E-state index contributed by atoms with van der Waals surface area (Å²) in [5.74, 6) is -2.15. The number of carbonyl (C=O) groups excluding carboxylic acids is 3. The van der Waals surface area contributed by atoms with Gasteiger partial charge in [0.05, 0.1) is 6.04 Å². The number of likely N-dealkylation sites (tertiary alicyclic amines) is 1. The number of aliphatic hydroxyl groups excluding tert-OH is 1. The second kappa shape index (κ2) is 10.8. The Hall–Kier alpha value is -4.08. The van der Waals surface area contributed by atoms with Crippen LogP contribution >= 0.6 is 0 Å². The number of halogens is 1. The molecule has 208 valence electrons. The summed E-state index contributed by atoms with van der Waals surface area (Å²) in [6.45, 7) is 5.37. The van der Waals surface area contributed by atoms with Crippen LogP contribution in [0.15, 0.2) is 72.8 Å². The zero-order valence-corrected chi connectivity index (χ0v) is 22.6. The molecule has 2 fully saturated rings. The van der Waals surface area contributed by atoms with E-state index in [1.807, 2.05) is 61.5 Å². The van der Waals surface area contributed by atoms with E-state index in [0.29, 0.717) is 6.54 Å². The van der Waals surface area contributed by atoms with Crippen molar-refractivity contribution in [2.75, 3.05) is 6.73 Å². The molecule has 2 saturated heterocycles. The Morgan fingerprint density at radius 2 is 1.77 bits per heavy atom. The molecule has 40 heavy (non-hydrogen) atoms. The van der Waals surface area contributed by atoms with E-state index in [2.05, 4.69) is 5.32 Å². The molecule has 3 amide bonds. The van der Waals surface area contributed by atoms with Crippen LogP contribution in [-0.2, 0) is 27.3 Å². The molecular formula is C31H32FN3O5. The minimum Gasteiger partial charge on any atom is -0.381 e. The summed E-state index contributed by atoms with van der Waals surface area (Å²) < 4.78 is 20.1. The highest BCUT2D eigenvalue weighted by atomic mass is 19.1. The lowest BCUT2D eigenvalue weighted by Gasteiger charge is -2.51. The van der Waals surface area contributed by atoms with E-state index < -0.39 is 41.5 Å². The van der Waals surface area contributed by atoms with Gasteiger partial charge in [0.2, 0.25) is 0 Å². The standard InChI is InChI=1S/C31H32FN3O5/c1-19-10-7-8-13-22(19)17-35-30(39)27-31(35,3)40-18-34(27)29(38)26(36)25(16-21-11-5-4-6-12-21)33-28(37)23-14-9-15-24(32)20(23)2/h4-15,25-27,36H,16-18H2,1-3H3,(H,33,37)/t25?,26-,27+,31?/m0/s1. The second-order valence-corrected chi connectivity index (χ2v) is 10.5. The third-order valence-corrected chi connectivity index (χ3v) is 7.98. The van der Waals surface area contributed by atoms with Crippen LogP contribution in [0.2, 0.25) is 0 Å². The summed E-state index contributed by atoms with van der Waals surface area (Å²) in [7, 11) is 0. The first-order chi connectivity index (χ1) is 19.1. The first-order valence-corrected chi connectivity index (χ1v) is 13.2. The van der Waals surface area contributed by atoms with E-state index in [1.165, 1.54) is 30.0 Å². The SMILES string of the molecule is Cc1ccccc1CN1C(=O)[C@H]2N(C(=O)[C@@H](O)C(Cc3ccccc3)NC(=O)c3cccc(F)c3C)COC21C. The molecular weight excluding hydrogens is 513 g/mol. The summed E-state index contributed by atoms with van der Waals surface area (Å²) in [6.07, 6.45) is -1.54. The van der Waals surface area contributed by atoms with Gasteiger partial charge in [-0.1, -0.05) is 60.7 Å². The molecule has 4 atom stereocenters. The van der Waals surface area contributed by atoms with Crippen LogP contribution in [0.3, 0.4) is 0 Å². The van der Waals surface area contributed by atoms with E-state index >= 15 is 0 Å². The molecule has 2 aliphatic rings. The van der Waals surface area contributed by atoms with Gasteiger partial charge in [0.25, 0.3) is 17.7 Å². The Labute approximate surface area is 232 Å². The smallest absolute Gasteiger partial charge is 0.256 e. The summed E-state index contributed by atoms with van der Waals surface area (Å²) in [5, 5.41) is 14.0. The van der Waals surface area contributed by atoms with Crippen LogP contribution < -0.4 is 5.32 Å². The first-order valence-electron chi connectivity index (χ1n) is 13.2. The summed E-state index contributed by atoms with van der Waals surface area (Å²) in [5.41, 5.74) is 2.03. The number of rotatable bonds is 8. The number of aryl methyl sites for hydroxylation is 1. The molecule has 0 bridgehead atoms. The number of fused-ring (bicyclic) bond motifs is 1. The van der Waals surface area contributed by atoms with Gasteiger partial charge in [-0.2, -0.15) is 0 Å². The van der Waals surface area contributed by atoms with Crippen molar-refractivity contribution in [1.82, 2.24) is 15.1 Å². The maximum absolute atomic E-state index is 14.1. The van der Waals surface area contributed by atoms with E-state index in [0.717, 1.165) is 16.7 Å². The van der Waals surface area contributed by atoms with Gasteiger partial charge in [-0.25, -0.2) is 4.39 Å². The van der Waals surface area contributed by atoms with Crippen LogP contribution in [0.25, 0.3) is 0 Å². The number of nitrogens with zero attached hydrogens (tertiary/aromatic N) is 2. The second-order valence-electron chi connectivity index (χ2n) is 10.5. The Morgan fingerprint density at radius 1 is 1.07 bits per heavy atom. The molecule has 9 heteroatoms. The van der Waals surface area contributed by atoms with Crippen molar-refractivity contribution >= 4 is 17.7 Å². The molecule has 0 spiro atoms. The summed E-state index contributed by atoms with van der Waals surface area (Å²) >= 11 is 0. The molecule has 3 aromatic rings. The molecule has 0 aliphatic carbocycles. The van der Waals surface area contributed by atoms with Crippen LogP contribution in [0.1, 0.15) is 39.5 Å². The van der Waals surface area contributed by atoms with Crippen LogP contribution in [0, 0.1) is 19.7 Å². The van der Waals surface area contributed by atoms with Crippen molar-refractivity contribution in [3.8, 4) is 0 Å². The molecule has 2 aliphatic heterocycles. The number of carbonyl (C=O) groups is 3. The third-order valence-electron chi connectivity index (χ3n) is 7.98. The van der Waals surface area contributed by atoms with Crippen molar-refractivity contribution in [2.24, 2.45) is 0 Å². The topological polar surface area (TPSA) is 99.2 Å². The first kappa shape index (κ1) is 27.5. The number of amides is 3. The lowest BCUT2D eigenvalue weighted by Crippen LogP contribution is -2.74. The quantitative estimate of drug-likeness (QED) is 0.424. The number of hydrogen-bond acceptors (Lipinski definition) is 5. The van der Waals surface area contributed by atoms with E-state index in [4.69, 9.17) is 4.74 Å². The molecule has 0 saturated carbocycles. The zero-order chi connectivity index (χ0) is 28.6. The van der Waals surface area contributed by atoms with E-state index in [9.17, 15) is 23.9 Å². The van der Waals surface area contributed by atoms with Crippen molar-refractivity contribution in [1.29, 1.82) is 0 Å².